The van der Waals surface area contributed by atoms with Crippen LogP contribution in [0.5, 0.6) is 5.75 Å². The summed E-state index contributed by atoms with van der Waals surface area (Å²) in [5.41, 5.74) is 0.729. The molecule has 1 N–H and O–H groups in total. The highest BCUT2D eigenvalue weighted by Gasteiger charge is 2.25. The smallest absolute Gasteiger partial charge is 0.192 e. The lowest BCUT2D eigenvalue weighted by Gasteiger charge is -2.32. The Morgan fingerprint density at radius 3 is 2.32 bits per heavy atom. The minimum absolute atomic E-state index is 0.135. The first-order valence-corrected chi connectivity index (χ1v) is 13.5. The number of nitrogens with one attached hydrogen (secondary N) is 1. The Balaban J connectivity index is 1.43. The van der Waals surface area contributed by atoms with Crippen molar-refractivity contribution in [3.63, 3.8) is 0 Å². The Kier molecular flexibility index (Phi) is 7.32. The molecule has 11 heteroatoms. The summed E-state index contributed by atoms with van der Waals surface area (Å²) in [6.45, 7) is 1.49. The number of hydrogen-bond acceptors (Lipinski definition) is 10. The van der Waals surface area contributed by atoms with Crippen molar-refractivity contribution in [1.82, 2.24) is 9.97 Å². The molecule has 0 unspecified atom stereocenters. The third kappa shape index (κ3) is 5.65. The molecule has 3 aromatic rings. The van der Waals surface area contributed by atoms with Gasteiger partial charge >= 0.3 is 0 Å². The summed E-state index contributed by atoms with van der Waals surface area (Å²) in [5.74, 6) is 1.61. The van der Waals surface area contributed by atoms with Crippen LogP contribution in [0, 0.1) is 4.91 Å². The molecule has 4 rings (SSSR count). The number of aromatic nitrogens is 2. The molecule has 0 aliphatic carbocycles. The van der Waals surface area contributed by atoms with Crippen molar-refractivity contribution < 1.29 is 13.2 Å². The first-order valence-electron chi connectivity index (χ1n) is 10.7. The molecular formula is C23H25N5O4S2. The van der Waals surface area contributed by atoms with E-state index in [-0.39, 0.29) is 16.4 Å². The van der Waals surface area contributed by atoms with Crippen LogP contribution in [-0.2, 0) is 9.84 Å². The third-order valence-electron chi connectivity index (χ3n) is 5.54. The first-order chi connectivity index (χ1) is 16.4. The molecule has 1 saturated heterocycles. The zero-order valence-electron chi connectivity index (χ0n) is 18.8. The summed E-state index contributed by atoms with van der Waals surface area (Å²) in [4.78, 5) is 23.7. The number of nitrogens with zero attached hydrogens (tertiary/aromatic N) is 4. The fourth-order valence-corrected chi connectivity index (χ4v) is 5.49. The Morgan fingerprint density at radius 1 is 1.06 bits per heavy atom. The number of nitroso groups, excluding NO2 is 1. The predicted octanol–water partition coefficient (Wildman–Crippen LogP) is 4.79. The predicted molar refractivity (Wildman–Crippen MR) is 134 cm³/mol. The van der Waals surface area contributed by atoms with E-state index in [9.17, 15) is 13.3 Å². The summed E-state index contributed by atoms with van der Waals surface area (Å²) in [7, 11) is -1.63. The van der Waals surface area contributed by atoms with Gasteiger partial charge in [0.15, 0.2) is 27.2 Å². The van der Waals surface area contributed by atoms with Crippen LogP contribution in [0.15, 0.2) is 69.8 Å². The Bertz CT molecular complexity index is 1240. The van der Waals surface area contributed by atoms with Crippen LogP contribution in [-0.4, -0.2) is 50.1 Å². The monoisotopic (exact) mass is 499 g/mol. The van der Waals surface area contributed by atoms with Gasteiger partial charge in [-0.1, -0.05) is 0 Å². The maximum atomic E-state index is 11.7. The van der Waals surface area contributed by atoms with Crippen LogP contribution in [0.25, 0.3) is 0 Å². The molecule has 1 aromatic heterocycles. The van der Waals surface area contributed by atoms with Crippen molar-refractivity contribution in [3.8, 4) is 5.75 Å². The van der Waals surface area contributed by atoms with Crippen molar-refractivity contribution >= 4 is 44.6 Å². The zero-order chi connectivity index (χ0) is 24.1. The van der Waals surface area contributed by atoms with Gasteiger partial charge in [-0.15, -0.1) is 16.7 Å². The van der Waals surface area contributed by atoms with Gasteiger partial charge in [-0.3, -0.25) is 0 Å². The van der Waals surface area contributed by atoms with Crippen LogP contribution < -0.4 is 15.0 Å². The van der Waals surface area contributed by atoms with E-state index < -0.39 is 9.84 Å². The Hall–Kier alpha value is -3.18. The van der Waals surface area contributed by atoms with E-state index >= 15 is 0 Å². The highest BCUT2D eigenvalue weighted by atomic mass is 32.2. The standard InChI is InChI=1S/C23H25N5O4S2/c1-32-17-5-7-18(8-6-17)33-19-11-13-28(14-12-19)23-21(27-29)22(24-15-25-23)26-16-3-9-20(10-4-16)34(2,30)31/h3-10,15,19H,11-14H2,1-2H3,(H,24,25,26). The van der Waals surface area contributed by atoms with Crippen molar-refractivity contribution in [2.75, 3.05) is 36.7 Å². The summed E-state index contributed by atoms with van der Waals surface area (Å²) in [6.07, 6.45) is 4.43. The second kappa shape index (κ2) is 10.4. The number of hydrogen-bond donors (Lipinski definition) is 1. The summed E-state index contributed by atoms with van der Waals surface area (Å²) < 4.78 is 28.5. The maximum Gasteiger partial charge on any atom is 0.192 e. The number of piperidine rings is 1. The van der Waals surface area contributed by atoms with Gasteiger partial charge in [0, 0.05) is 35.2 Å². The van der Waals surface area contributed by atoms with E-state index in [2.05, 4.69) is 37.5 Å². The lowest BCUT2D eigenvalue weighted by atomic mass is 10.1. The second-order valence-corrected chi connectivity index (χ2v) is 11.3. The molecule has 1 fully saturated rings. The molecule has 0 bridgehead atoms. The molecule has 1 aliphatic rings. The van der Waals surface area contributed by atoms with Crippen LogP contribution in [0.4, 0.5) is 23.0 Å². The third-order valence-corrected chi connectivity index (χ3v) is 8.02. The quantitative estimate of drug-likeness (QED) is 0.437. The molecule has 2 heterocycles. The van der Waals surface area contributed by atoms with Gasteiger partial charge in [0.2, 0.25) is 0 Å². The SMILES string of the molecule is COc1ccc(SC2CCN(c3ncnc(Nc4ccc(S(C)(=O)=O)cc4)c3N=O)CC2)cc1. The molecule has 34 heavy (non-hydrogen) atoms. The molecule has 0 saturated carbocycles. The van der Waals surface area contributed by atoms with E-state index in [0.29, 0.717) is 16.8 Å². The number of methoxy groups -OCH3 is 1. The lowest BCUT2D eigenvalue weighted by Crippen LogP contribution is -2.35. The van der Waals surface area contributed by atoms with Crippen LogP contribution in [0.3, 0.4) is 0 Å². The fourth-order valence-electron chi connectivity index (χ4n) is 3.73. The van der Waals surface area contributed by atoms with E-state index in [0.717, 1.165) is 37.9 Å². The number of benzene rings is 2. The van der Waals surface area contributed by atoms with Crippen molar-refractivity contribution in [2.45, 2.75) is 27.9 Å². The maximum absolute atomic E-state index is 11.7. The lowest BCUT2D eigenvalue weighted by molar-refractivity contribution is 0.414. The molecule has 0 spiro atoms. The molecule has 9 nitrogen and oxygen atoms in total. The number of thioether (sulfide) groups is 1. The van der Waals surface area contributed by atoms with Crippen molar-refractivity contribution in [1.29, 1.82) is 0 Å². The number of sulfone groups is 1. The molecule has 178 valence electrons. The molecule has 2 aromatic carbocycles. The summed E-state index contributed by atoms with van der Waals surface area (Å²) in [6, 6.07) is 14.3. The van der Waals surface area contributed by atoms with E-state index in [4.69, 9.17) is 4.74 Å². The molecule has 0 amide bonds. The first kappa shape index (κ1) is 24.0. The van der Waals surface area contributed by atoms with E-state index in [1.807, 2.05) is 23.9 Å². The Labute approximate surface area is 202 Å². The average Bonchev–Trinajstić information content (AvgIpc) is 2.85. The van der Waals surface area contributed by atoms with Crippen LogP contribution in [0.2, 0.25) is 0 Å². The van der Waals surface area contributed by atoms with Gasteiger partial charge in [-0.2, -0.15) is 0 Å². The highest BCUT2D eigenvalue weighted by Crippen LogP contribution is 2.37. The van der Waals surface area contributed by atoms with Gasteiger partial charge in [-0.05, 0) is 66.5 Å². The van der Waals surface area contributed by atoms with Gasteiger partial charge < -0.3 is 15.0 Å². The summed E-state index contributed by atoms with van der Waals surface area (Å²) >= 11 is 1.84. The average molecular weight is 500 g/mol. The zero-order valence-corrected chi connectivity index (χ0v) is 20.5. The number of rotatable bonds is 8. The van der Waals surface area contributed by atoms with Crippen LogP contribution >= 0.6 is 11.8 Å². The van der Waals surface area contributed by atoms with Crippen molar-refractivity contribution in [2.24, 2.45) is 5.18 Å². The molecule has 1 aliphatic heterocycles. The highest BCUT2D eigenvalue weighted by molar-refractivity contribution is 8.00. The molecular weight excluding hydrogens is 474 g/mol. The second-order valence-electron chi connectivity index (χ2n) is 7.89. The van der Waals surface area contributed by atoms with E-state index in [1.54, 1.807) is 19.2 Å². The number of anilines is 3. The van der Waals surface area contributed by atoms with E-state index in [1.165, 1.54) is 23.4 Å². The normalized spacial score (nSPS) is 14.6. The van der Waals surface area contributed by atoms with Gasteiger partial charge in [-0.25, -0.2) is 18.4 Å². The minimum Gasteiger partial charge on any atom is -0.497 e. The molecule has 0 atom stereocenters. The fraction of sp³-hybridized carbons (Fsp3) is 0.304. The van der Waals surface area contributed by atoms with Crippen molar-refractivity contribution in [3.05, 3.63) is 59.8 Å². The molecule has 0 radical (unpaired) electrons. The number of ether oxygens (including phenoxy) is 1. The van der Waals surface area contributed by atoms with Gasteiger partial charge in [0.05, 0.1) is 12.0 Å². The van der Waals surface area contributed by atoms with Crippen LogP contribution in [0.1, 0.15) is 12.8 Å². The van der Waals surface area contributed by atoms with Gasteiger partial charge in [0.1, 0.15) is 12.1 Å². The summed E-state index contributed by atoms with van der Waals surface area (Å²) in [5, 5.41) is 6.72. The topological polar surface area (TPSA) is 114 Å². The largest absolute Gasteiger partial charge is 0.497 e. The minimum atomic E-state index is -3.29. The van der Waals surface area contributed by atoms with Gasteiger partial charge in [0.25, 0.3) is 0 Å². The Morgan fingerprint density at radius 2 is 1.74 bits per heavy atom.